The van der Waals surface area contributed by atoms with Gasteiger partial charge in [0.2, 0.25) is 0 Å². The highest BCUT2D eigenvalue weighted by Crippen LogP contribution is 2.47. The highest BCUT2D eigenvalue weighted by molar-refractivity contribution is 6.18. The number of fused-ring (bicyclic) bond motifs is 16. The molecule has 19 aromatic carbocycles. The van der Waals surface area contributed by atoms with Crippen molar-refractivity contribution in [1.82, 2.24) is 28.2 Å². The molecule has 24 rings (SSSR count). The number of aromatic nitrogens is 6. The van der Waals surface area contributed by atoms with E-state index < -0.39 is 0 Å². The first-order chi connectivity index (χ1) is 60.1. The molecule has 5 aromatic heterocycles. The lowest BCUT2D eigenvalue weighted by Crippen LogP contribution is -2.10. The van der Waals surface area contributed by atoms with Gasteiger partial charge in [-0.25, -0.2) is 9.97 Å². The summed E-state index contributed by atoms with van der Waals surface area (Å²) in [4.78, 5) is 11.7. The van der Waals surface area contributed by atoms with E-state index in [4.69, 9.17) is 9.97 Å². The van der Waals surface area contributed by atoms with Crippen molar-refractivity contribution in [2.75, 3.05) is 0 Å². The maximum Gasteiger partial charge on any atom is 0.160 e. The van der Waals surface area contributed by atoms with Gasteiger partial charge in [-0.3, -0.25) is 0 Å². The van der Waals surface area contributed by atoms with Gasteiger partial charge in [0.05, 0.1) is 55.3 Å². The van der Waals surface area contributed by atoms with Crippen LogP contribution in [-0.4, -0.2) is 28.2 Å². The molecule has 0 aliphatic heterocycles. The third kappa shape index (κ3) is 11.7. The molecule has 0 bridgehead atoms. The van der Waals surface area contributed by atoms with Gasteiger partial charge < -0.3 is 18.3 Å². The molecule has 0 saturated heterocycles. The molecule has 24 aromatic rings. The molecule has 6 heteroatoms. The molecule has 0 saturated carbocycles. The van der Waals surface area contributed by atoms with Crippen molar-refractivity contribution in [3.8, 4) is 112 Å². The zero-order valence-electron chi connectivity index (χ0n) is 67.5. The first-order valence-electron chi connectivity index (χ1n) is 42.1. The number of hydrogen-bond donors (Lipinski definition) is 0. The van der Waals surface area contributed by atoms with Gasteiger partial charge in [0.15, 0.2) is 5.82 Å². The van der Waals surface area contributed by atoms with Crippen LogP contribution in [-0.2, 0) is 5.41 Å². The van der Waals surface area contributed by atoms with Crippen molar-refractivity contribution >= 4 is 120 Å². The predicted octanol–water partition coefficient (Wildman–Crippen LogP) is 31.0. The lowest BCUT2D eigenvalue weighted by molar-refractivity contribution is 0.591. The molecule has 0 aliphatic carbocycles. The van der Waals surface area contributed by atoms with E-state index in [0.717, 1.165) is 177 Å². The average Bonchev–Trinajstić information content (AvgIpc) is 1.59. The summed E-state index contributed by atoms with van der Waals surface area (Å²) in [6, 6.07) is 155. The lowest BCUT2D eigenvalue weighted by atomic mass is 9.85. The Bertz CT molecular complexity index is 8000. The minimum Gasteiger partial charge on any atom is -0.309 e. The first-order valence-corrected chi connectivity index (χ1v) is 42.1. The van der Waals surface area contributed by atoms with E-state index in [-0.39, 0.29) is 5.41 Å². The van der Waals surface area contributed by atoms with Gasteiger partial charge in [0.1, 0.15) is 0 Å². The van der Waals surface area contributed by atoms with E-state index in [1.165, 1.54) is 54.7 Å². The topological polar surface area (TPSA) is 45.5 Å². The highest BCUT2D eigenvalue weighted by atomic mass is 15.0. The Hall–Kier alpha value is -15.8. The van der Waals surface area contributed by atoms with Gasteiger partial charge in [-0.1, -0.05) is 288 Å². The van der Waals surface area contributed by atoms with Gasteiger partial charge in [-0.2, -0.15) is 0 Å². The van der Waals surface area contributed by atoms with Crippen LogP contribution in [0.4, 0.5) is 0 Å². The summed E-state index contributed by atoms with van der Waals surface area (Å²) in [7, 11) is 0. The summed E-state index contributed by atoms with van der Waals surface area (Å²) in [6.45, 7) is 6.85. The second-order valence-electron chi connectivity index (χ2n) is 33.7. The average molecular weight is 1560 g/mol. The standard InChI is InChI=1S/C116H78N6/c1-116(2,3)90-50-40-78-60-88(39-38-79(78)61-90)114-113-95-37-23-22-32-77(95)41-51-104(113)117-115(118-114)89-62-93(121-109-54-44-82(75-28-14-6-15-29-75)66-98(109)102-70-86(48-58-111(102)121)84-46-56-107-100(68-84)96-64-80(73-24-10-4-11-25-73)42-52-105(96)119(107)91-33-18-8-19-34-91)72-94(63-89)122-110-55-45-83(76-30-16-7-17-31-76)67-99(110)103-71-87(49-59-112(103)122)85-47-57-108-101(69-85)97-65-81(74-26-12-5-13-27-74)43-53-106(97)120(108)92-35-20-9-21-36-92/h4-72H,1-3H3. The van der Waals surface area contributed by atoms with Crippen LogP contribution < -0.4 is 0 Å². The Morgan fingerprint density at radius 2 is 0.484 bits per heavy atom. The Morgan fingerprint density at radius 3 is 0.844 bits per heavy atom. The molecule has 122 heavy (non-hydrogen) atoms. The van der Waals surface area contributed by atoms with E-state index in [9.17, 15) is 0 Å². The van der Waals surface area contributed by atoms with Gasteiger partial charge in [0.25, 0.3) is 0 Å². The minimum atomic E-state index is -0.00752. The van der Waals surface area contributed by atoms with Gasteiger partial charge in [0, 0.05) is 82.4 Å². The number of benzene rings is 19. The molecule has 0 amide bonds. The van der Waals surface area contributed by atoms with E-state index in [1.807, 2.05) is 0 Å². The molecule has 0 fully saturated rings. The van der Waals surface area contributed by atoms with Crippen LogP contribution in [0.1, 0.15) is 26.3 Å². The van der Waals surface area contributed by atoms with Crippen LogP contribution in [0, 0.1) is 0 Å². The maximum atomic E-state index is 5.96. The van der Waals surface area contributed by atoms with Gasteiger partial charge in [-0.05, 0) is 251 Å². The van der Waals surface area contributed by atoms with Gasteiger partial charge in [-0.15, -0.1) is 0 Å². The Balaban J connectivity index is 0.751. The van der Waals surface area contributed by atoms with E-state index in [1.54, 1.807) is 0 Å². The van der Waals surface area contributed by atoms with Crippen LogP contribution in [0.3, 0.4) is 0 Å². The summed E-state index contributed by atoms with van der Waals surface area (Å²) in [5.74, 6) is 0.623. The zero-order chi connectivity index (χ0) is 80.8. The quantitative estimate of drug-likeness (QED) is 0.114. The lowest BCUT2D eigenvalue weighted by Gasteiger charge is -2.19. The number of rotatable bonds is 12. The molecule has 0 unspecified atom stereocenters. The molecule has 6 nitrogen and oxygen atoms in total. The summed E-state index contributed by atoms with van der Waals surface area (Å²) in [5, 5.41) is 15.0. The van der Waals surface area contributed by atoms with Crippen LogP contribution in [0.5, 0.6) is 0 Å². The molecule has 572 valence electrons. The zero-order valence-corrected chi connectivity index (χ0v) is 67.5. The first kappa shape index (κ1) is 70.4. The molecule has 5 heterocycles. The van der Waals surface area contributed by atoms with Crippen LogP contribution in [0.2, 0.25) is 0 Å². The Morgan fingerprint density at radius 1 is 0.189 bits per heavy atom. The molecular formula is C116H78N6. The molecule has 0 atom stereocenters. The third-order valence-electron chi connectivity index (χ3n) is 25.4. The van der Waals surface area contributed by atoms with E-state index >= 15 is 0 Å². The van der Waals surface area contributed by atoms with Crippen molar-refractivity contribution in [2.45, 2.75) is 26.2 Å². The second-order valence-corrected chi connectivity index (χ2v) is 33.7. The highest BCUT2D eigenvalue weighted by Gasteiger charge is 2.26. The summed E-state index contributed by atoms with van der Waals surface area (Å²) in [6.07, 6.45) is 0. The largest absolute Gasteiger partial charge is 0.309 e. The van der Waals surface area contributed by atoms with E-state index in [2.05, 4.69) is 458 Å². The van der Waals surface area contributed by atoms with Gasteiger partial charge >= 0.3 is 0 Å². The fourth-order valence-corrected chi connectivity index (χ4v) is 19.4. The predicted molar refractivity (Wildman–Crippen MR) is 514 cm³/mol. The maximum absolute atomic E-state index is 5.96. The van der Waals surface area contributed by atoms with Crippen molar-refractivity contribution in [1.29, 1.82) is 0 Å². The molecule has 0 aliphatic rings. The smallest absolute Gasteiger partial charge is 0.160 e. The molecule has 0 spiro atoms. The molecule has 0 radical (unpaired) electrons. The van der Waals surface area contributed by atoms with Crippen molar-refractivity contribution < 1.29 is 0 Å². The fourth-order valence-electron chi connectivity index (χ4n) is 19.4. The normalized spacial score (nSPS) is 12.1. The molecular weight excluding hydrogens is 1480 g/mol. The summed E-state index contributed by atoms with van der Waals surface area (Å²) in [5.41, 5.74) is 31.9. The second kappa shape index (κ2) is 28.0. The van der Waals surface area contributed by atoms with Crippen molar-refractivity contribution in [3.63, 3.8) is 0 Å². The van der Waals surface area contributed by atoms with Crippen LogP contribution in [0.15, 0.2) is 419 Å². The molecule has 0 N–H and O–H groups in total. The van der Waals surface area contributed by atoms with Crippen molar-refractivity contribution in [3.05, 3.63) is 424 Å². The summed E-state index contributed by atoms with van der Waals surface area (Å²) < 4.78 is 9.82. The fraction of sp³-hybridized carbons (Fsp3) is 0.0345. The Labute approximate surface area is 705 Å². The monoisotopic (exact) mass is 1550 g/mol. The minimum absolute atomic E-state index is 0.00752. The number of para-hydroxylation sites is 2. The van der Waals surface area contributed by atoms with E-state index in [0.29, 0.717) is 5.82 Å². The van der Waals surface area contributed by atoms with Crippen molar-refractivity contribution in [2.24, 2.45) is 0 Å². The summed E-state index contributed by atoms with van der Waals surface area (Å²) >= 11 is 0. The SMILES string of the molecule is CC(C)(C)c1ccc2cc(-c3nc(-c4cc(-n5c6ccc(-c7ccccc7)cc6c6cc(-c7ccc8c(c7)c7cc(-c9ccccc9)ccc7n8-c7ccccc7)ccc65)cc(-n5c6ccc(-c7ccccc7)cc6c6cc(-c7ccc8c(c7)c7cc(-c9ccccc9)ccc7n8-c7ccccc7)ccc65)c4)nc4ccc5ccccc5c34)ccc2c1. The third-order valence-corrected chi connectivity index (χ3v) is 25.4. The number of nitrogens with zero attached hydrogens (tertiary/aromatic N) is 6. The number of hydrogen-bond acceptors (Lipinski definition) is 2. The van der Waals surface area contributed by atoms with Crippen LogP contribution in [0.25, 0.3) is 232 Å². The Kier molecular flexibility index (Phi) is 16.1. The van der Waals surface area contributed by atoms with Crippen LogP contribution >= 0.6 is 0 Å².